The Morgan fingerprint density at radius 2 is 2.27 bits per heavy atom. The van der Waals surface area contributed by atoms with E-state index in [1.54, 1.807) is 18.9 Å². The second-order valence-electron chi connectivity index (χ2n) is 3.94. The summed E-state index contributed by atoms with van der Waals surface area (Å²) in [7, 11) is 1.78. The van der Waals surface area contributed by atoms with Gasteiger partial charge in [0.25, 0.3) is 5.91 Å². The van der Waals surface area contributed by atoms with Crippen molar-refractivity contribution in [3.63, 3.8) is 0 Å². The van der Waals surface area contributed by atoms with Gasteiger partial charge in [0.2, 0.25) is 5.82 Å². The van der Waals surface area contributed by atoms with Crippen LogP contribution in [0.3, 0.4) is 0 Å². The van der Waals surface area contributed by atoms with E-state index in [4.69, 9.17) is 0 Å². The largest absolute Gasteiger partial charge is 0.339 e. The van der Waals surface area contributed by atoms with Crippen LogP contribution in [0.25, 0.3) is 0 Å². The number of aromatic nitrogens is 3. The number of nitrogens with zero attached hydrogens (tertiary/aromatic N) is 3. The van der Waals surface area contributed by atoms with Crippen LogP contribution in [0.5, 0.6) is 0 Å². The molecular formula is C10H18N4O. The molecule has 0 radical (unpaired) electrons. The lowest BCUT2D eigenvalue weighted by Gasteiger charge is -2.19. The molecule has 1 rings (SSSR count). The molecule has 1 heterocycles. The van der Waals surface area contributed by atoms with Crippen LogP contribution in [0, 0.1) is 12.8 Å². The van der Waals surface area contributed by atoms with E-state index in [-0.39, 0.29) is 11.7 Å². The summed E-state index contributed by atoms with van der Waals surface area (Å²) in [5.74, 6) is 1.28. The van der Waals surface area contributed by atoms with Crippen LogP contribution >= 0.6 is 0 Å². The molecule has 1 amide bonds. The Morgan fingerprint density at radius 1 is 1.60 bits per heavy atom. The molecule has 0 spiro atoms. The van der Waals surface area contributed by atoms with Crippen LogP contribution in [0.2, 0.25) is 0 Å². The lowest BCUT2D eigenvalue weighted by Crippen LogP contribution is -2.31. The third-order valence-electron chi connectivity index (χ3n) is 2.42. The van der Waals surface area contributed by atoms with Crippen molar-refractivity contribution in [1.82, 2.24) is 20.1 Å². The first kappa shape index (κ1) is 11.7. The van der Waals surface area contributed by atoms with Crippen LogP contribution in [0.1, 0.15) is 36.7 Å². The van der Waals surface area contributed by atoms with E-state index < -0.39 is 0 Å². The van der Waals surface area contributed by atoms with Crippen molar-refractivity contribution in [2.45, 2.75) is 27.2 Å². The molecule has 1 aromatic heterocycles. The van der Waals surface area contributed by atoms with E-state index in [0.29, 0.717) is 11.7 Å². The van der Waals surface area contributed by atoms with Gasteiger partial charge in [-0.25, -0.2) is 4.98 Å². The average molecular weight is 210 g/mol. The van der Waals surface area contributed by atoms with E-state index in [9.17, 15) is 4.79 Å². The minimum Gasteiger partial charge on any atom is -0.339 e. The van der Waals surface area contributed by atoms with Crippen molar-refractivity contribution in [3.05, 3.63) is 11.6 Å². The highest BCUT2D eigenvalue weighted by Crippen LogP contribution is 2.05. The molecule has 0 aliphatic heterocycles. The van der Waals surface area contributed by atoms with Gasteiger partial charge in [-0.2, -0.15) is 0 Å². The minimum absolute atomic E-state index is 0.125. The third-order valence-corrected chi connectivity index (χ3v) is 2.42. The number of carbonyl (C=O) groups excluding carboxylic acids is 1. The molecule has 5 heteroatoms. The molecule has 0 aromatic carbocycles. The number of hydrogen-bond donors (Lipinski definition) is 1. The SMILES string of the molecule is CCC(C)CN(C)C(=O)c1n[nH]c(C)n1. The highest BCUT2D eigenvalue weighted by molar-refractivity contribution is 5.90. The van der Waals surface area contributed by atoms with E-state index in [1.807, 2.05) is 0 Å². The maximum atomic E-state index is 11.8. The number of carbonyl (C=O) groups is 1. The van der Waals surface area contributed by atoms with Crippen molar-refractivity contribution in [2.75, 3.05) is 13.6 Å². The fraction of sp³-hybridized carbons (Fsp3) is 0.700. The van der Waals surface area contributed by atoms with E-state index in [0.717, 1.165) is 13.0 Å². The summed E-state index contributed by atoms with van der Waals surface area (Å²) in [4.78, 5) is 17.5. The van der Waals surface area contributed by atoms with Crippen molar-refractivity contribution in [1.29, 1.82) is 0 Å². The van der Waals surface area contributed by atoms with Crippen LogP contribution in [0.15, 0.2) is 0 Å². The Kier molecular flexibility index (Phi) is 3.82. The number of nitrogens with one attached hydrogen (secondary N) is 1. The van der Waals surface area contributed by atoms with Crippen LogP contribution in [0.4, 0.5) is 0 Å². The molecule has 1 atom stereocenters. The van der Waals surface area contributed by atoms with Gasteiger partial charge in [0.05, 0.1) is 0 Å². The summed E-state index contributed by atoms with van der Waals surface area (Å²) in [6.07, 6.45) is 1.06. The molecule has 0 saturated heterocycles. The van der Waals surface area contributed by atoms with Crippen molar-refractivity contribution < 1.29 is 4.79 Å². The predicted molar refractivity (Wildman–Crippen MR) is 57.5 cm³/mol. The summed E-state index contributed by atoms with van der Waals surface area (Å²) in [6, 6.07) is 0. The first-order valence-electron chi connectivity index (χ1n) is 5.19. The molecule has 0 fully saturated rings. The molecule has 84 valence electrons. The molecule has 0 bridgehead atoms. The van der Waals surface area contributed by atoms with Gasteiger partial charge in [0.15, 0.2) is 0 Å². The number of aryl methyl sites for hydroxylation is 1. The summed E-state index contributed by atoms with van der Waals surface area (Å²) in [5, 5.41) is 6.51. The molecule has 0 saturated carbocycles. The fourth-order valence-electron chi connectivity index (χ4n) is 1.29. The smallest absolute Gasteiger partial charge is 0.293 e. The monoisotopic (exact) mass is 210 g/mol. The van der Waals surface area contributed by atoms with Gasteiger partial charge in [-0.15, -0.1) is 5.10 Å². The molecule has 0 aliphatic carbocycles. The number of aromatic amines is 1. The van der Waals surface area contributed by atoms with Crippen LogP contribution in [-0.2, 0) is 0 Å². The highest BCUT2D eigenvalue weighted by atomic mass is 16.2. The van der Waals surface area contributed by atoms with E-state index in [1.165, 1.54) is 0 Å². The van der Waals surface area contributed by atoms with Crippen molar-refractivity contribution >= 4 is 5.91 Å². The predicted octanol–water partition coefficient (Wildman–Crippen LogP) is 1.23. The number of H-pyrrole nitrogens is 1. The van der Waals surface area contributed by atoms with Gasteiger partial charge in [0.1, 0.15) is 5.82 Å². The number of amides is 1. The second-order valence-corrected chi connectivity index (χ2v) is 3.94. The lowest BCUT2D eigenvalue weighted by molar-refractivity contribution is 0.0763. The lowest BCUT2D eigenvalue weighted by atomic mass is 10.1. The van der Waals surface area contributed by atoms with Gasteiger partial charge in [-0.1, -0.05) is 20.3 Å². The molecule has 0 aliphatic rings. The fourth-order valence-corrected chi connectivity index (χ4v) is 1.29. The Hall–Kier alpha value is -1.39. The first-order valence-corrected chi connectivity index (χ1v) is 5.19. The number of hydrogen-bond acceptors (Lipinski definition) is 3. The van der Waals surface area contributed by atoms with Gasteiger partial charge >= 0.3 is 0 Å². The Bertz CT molecular complexity index is 334. The van der Waals surface area contributed by atoms with Gasteiger partial charge < -0.3 is 4.90 Å². The molecule has 1 unspecified atom stereocenters. The highest BCUT2D eigenvalue weighted by Gasteiger charge is 2.17. The quantitative estimate of drug-likeness (QED) is 0.813. The Balaban J connectivity index is 2.60. The first-order chi connectivity index (χ1) is 7.04. The summed E-state index contributed by atoms with van der Waals surface area (Å²) < 4.78 is 0. The zero-order valence-electron chi connectivity index (χ0n) is 9.74. The summed E-state index contributed by atoms with van der Waals surface area (Å²) in [6.45, 7) is 6.74. The second kappa shape index (κ2) is 4.91. The molecule has 1 aromatic rings. The van der Waals surface area contributed by atoms with E-state index >= 15 is 0 Å². The van der Waals surface area contributed by atoms with Crippen LogP contribution in [-0.4, -0.2) is 39.6 Å². The molecule has 1 N–H and O–H groups in total. The van der Waals surface area contributed by atoms with Gasteiger partial charge in [0, 0.05) is 13.6 Å². The zero-order valence-corrected chi connectivity index (χ0v) is 9.74. The Morgan fingerprint density at radius 3 is 2.73 bits per heavy atom. The average Bonchev–Trinajstić information content (AvgIpc) is 2.63. The van der Waals surface area contributed by atoms with Gasteiger partial charge in [-0.3, -0.25) is 9.89 Å². The molecule has 15 heavy (non-hydrogen) atoms. The molecular weight excluding hydrogens is 192 g/mol. The van der Waals surface area contributed by atoms with Crippen molar-refractivity contribution in [2.24, 2.45) is 5.92 Å². The normalized spacial score (nSPS) is 12.5. The van der Waals surface area contributed by atoms with Gasteiger partial charge in [-0.05, 0) is 12.8 Å². The summed E-state index contributed by atoms with van der Waals surface area (Å²) >= 11 is 0. The van der Waals surface area contributed by atoms with Crippen molar-refractivity contribution in [3.8, 4) is 0 Å². The summed E-state index contributed by atoms with van der Waals surface area (Å²) in [5.41, 5.74) is 0. The van der Waals surface area contributed by atoms with Crippen LogP contribution < -0.4 is 0 Å². The van der Waals surface area contributed by atoms with E-state index in [2.05, 4.69) is 29.0 Å². The molecule has 5 nitrogen and oxygen atoms in total. The topological polar surface area (TPSA) is 61.9 Å². The standard InChI is InChI=1S/C10H18N4O/c1-5-7(2)6-14(4)10(15)9-11-8(3)12-13-9/h7H,5-6H2,1-4H3,(H,11,12,13). The maximum absolute atomic E-state index is 11.8. The Labute approximate surface area is 89.9 Å². The minimum atomic E-state index is -0.125. The maximum Gasteiger partial charge on any atom is 0.293 e. The third kappa shape index (κ3) is 3.04. The zero-order chi connectivity index (χ0) is 11.4. The number of rotatable bonds is 4.